The van der Waals surface area contributed by atoms with Crippen molar-refractivity contribution in [3.05, 3.63) is 87.9 Å². The van der Waals surface area contributed by atoms with Crippen LogP contribution < -0.4 is 14.9 Å². The Morgan fingerprint density at radius 2 is 1.79 bits per heavy atom. The van der Waals surface area contributed by atoms with Gasteiger partial charge in [0, 0.05) is 10.6 Å². The molecule has 0 saturated carbocycles. The largest absolute Gasteiger partial charge is 0.493 e. The quantitative estimate of drug-likeness (QED) is 0.395. The lowest BCUT2D eigenvalue weighted by Crippen LogP contribution is -1.99. The summed E-state index contributed by atoms with van der Waals surface area (Å²) < 4.78 is 11.3. The molecule has 0 heterocycles. The summed E-state index contributed by atoms with van der Waals surface area (Å²) in [6, 6.07) is 19.4. The predicted molar refractivity (Wildman–Crippen MR) is 116 cm³/mol. The van der Waals surface area contributed by atoms with Crippen molar-refractivity contribution in [3.63, 3.8) is 0 Å². The van der Waals surface area contributed by atoms with Crippen LogP contribution >= 0.6 is 11.6 Å². The van der Waals surface area contributed by atoms with Gasteiger partial charge in [-0.2, -0.15) is 5.10 Å². The molecule has 144 valence electrons. The fourth-order valence-corrected chi connectivity index (χ4v) is 2.84. The molecule has 5 heteroatoms. The van der Waals surface area contributed by atoms with Gasteiger partial charge in [-0.3, -0.25) is 5.43 Å². The van der Waals surface area contributed by atoms with Crippen LogP contribution in [0.4, 0.5) is 5.69 Å². The molecule has 0 bridgehead atoms. The molecular weight excluding hydrogens is 372 g/mol. The Kier molecular flexibility index (Phi) is 6.56. The molecule has 0 fully saturated rings. The summed E-state index contributed by atoms with van der Waals surface area (Å²) in [5.41, 5.74) is 8.29. The first kappa shape index (κ1) is 19.8. The number of anilines is 1. The van der Waals surface area contributed by atoms with Gasteiger partial charge >= 0.3 is 0 Å². The maximum absolute atomic E-state index is 6.20. The van der Waals surface area contributed by atoms with E-state index in [9.17, 15) is 0 Å². The Balaban J connectivity index is 1.71. The molecule has 3 aromatic rings. The maximum Gasteiger partial charge on any atom is 0.162 e. The summed E-state index contributed by atoms with van der Waals surface area (Å²) in [5.74, 6) is 1.30. The smallest absolute Gasteiger partial charge is 0.162 e. The number of hydrogen-bond donors (Lipinski definition) is 1. The van der Waals surface area contributed by atoms with Crippen molar-refractivity contribution in [3.8, 4) is 11.5 Å². The molecule has 3 aromatic carbocycles. The van der Waals surface area contributed by atoms with E-state index in [-0.39, 0.29) is 0 Å². The number of rotatable bonds is 7. The SMILES string of the molecule is COc1ccc(C=NNc2ccc(C)c(C)c2)cc1OCc1ccccc1Cl. The van der Waals surface area contributed by atoms with Gasteiger partial charge < -0.3 is 9.47 Å². The Hall–Kier alpha value is -2.98. The van der Waals surface area contributed by atoms with Gasteiger partial charge in [-0.15, -0.1) is 0 Å². The fourth-order valence-electron chi connectivity index (χ4n) is 2.65. The van der Waals surface area contributed by atoms with Crippen LogP contribution in [-0.2, 0) is 6.61 Å². The molecule has 0 aromatic heterocycles. The van der Waals surface area contributed by atoms with E-state index >= 15 is 0 Å². The molecule has 0 spiro atoms. The number of benzene rings is 3. The van der Waals surface area contributed by atoms with E-state index in [0.29, 0.717) is 23.1 Å². The van der Waals surface area contributed by atoms with Crippen LogP contribution in [-0.4, -0.2) is 13.3 Å². The van der Waals surface area contributed by atoms with Crippen molar-refractivity contribution >= 4 is 23.5 Å². The average molecular weight is 395 g/mol. The third-order valence-corrected chi connectivity index (χ3v) is 4.81. The van der Waals surface area contributed by atoms with Gasteiger partial charge in [0.25, 0.3) is 0 Å². The first-order chi connectivity index (χ1) is 13.6. The summed E-state index contributed by atoms with van der Waals surface area (Å²) in [6.07, 6.45) is 1.75. The van der Waals surface area contributed by atoms with Gasteiger partial charge in [0.05, 0.1) is 19.0 Å². The van der Waals surface area contributed by atoms with Gasteiger partial charge in [0.1, 0.15) is 6.61 Å². The molecule has 0 atom stereocenters. The number of hydrazone groups is 1. The molecule has 1 N–H and O–H groups in total. The van der Waals surface area contributed by atoms with Crippen LogP contribution in [0.3, 0.4) is 0 Å². The normalized spacial score (nSPS) is 10.9. The van der Waals surface area contributed by atoms with Crippen LogP contribution in [0.2, 0.25) is 5.02 Å². The van der Waals surface area contributed by atoms with Crippen molar-refractivity contribution in [1.29, 1.82) is 0 Å². The Morgan fingerprint density at radius 3 is 2.54 bits per heavy atom. The third-order valence-electron chi connectivity index (χ3n) is 4.44. The minimum absolute atomic E-state index is 0.359. The van der Waals surface area contributed by atoms with Crippen LogP contribution in [0.25, 0.3) is 0 Å². The number of nitrogens with zero attached hydrogens (tertiary/aromatic N) is 1. The molecule has 28 heavy (non-hydrogen) atoms. The van der Waals surface area contributed by atoms with Crippen molar-refractivity contribution in [1.82, 2.24) is 0 Å². The second-order valence-electron chi connectivity index (χ2n) is 6.46. The standard InChI is InChI=1S/C23H23ClN2O2/c1-16-8-10-20(12-17(16)2)26-25-14-18-9-11-22(27-3)23(13-18)28-15-19-6-4-5-7-21(19)24/h4-14,26H,15H2,1-3H3. The lowest BCUT2D eigenvalue weighted by Gasteiger charge is -2.12. The van der Waals surface area contributed by atoms with E-state index in [0.717, 1.165) is 16.8 Å². The number of aryl methyl sites for hydroxylation is 2. The summed E-state index contributed by atoms with van der Waals surface area (Å²) in [6.45, 7) is 4.53. The lowest BCUT2D eigenvalue weighted by atomic mass is 10.1. The summed E-state index contributed by atoms with van der Waals surface area (Å²) in [7, 11) is 1.62. The maximum atomic E-state index is 6.20. The highest BCUT2D eigenvalue weighted by atomic mass is 35.5. The molecule has 0 radical (unpaired) electrons. The van der Waals surface area contributed by atoms with Gasteiger partial charge in [-0.1, -0.05) is 35.9 Å². The highest BCUT2D eigenvalue weighted by Crippen LogP contribution is 2.29. The van der Waals surface area contributed by atoms with Crippen LogP contribution in [0.1, 0.15) is 22.3 Å². The highest BCUT2D eigenvalue weighted by Gasteiger charge is 2.07. The number of ether oxygens (including phenoxy) is 2. The minimum Gasteiger partial charge on any atom is -0.493 e. The second-order valence-corrected chi connectivity index (χ2v) is 6.87. The molecule has 0 saturated heterocycles. The molecule has 0 amide bonds. The van der Waals surface area contributed by atoms with E-state index in [1.807, 2.05) is 48.5 Å². The van der Waals surface area contributed by atoms with E-state index in [4.69, 9.17) is 21.1 Å². The topological polar surface area (TPSA) is 42.8 Å². The molecule has 0 unspecified atom stereocenters. The van der Waals surface area contributed by atoms with E-state index in [1.165, 1.54) is 11.1 Å². The molecule has 4 nitrogen and oxygen atoms in total. The zero-order valence-corrected chi connectivity index (χ0v) is 17.0. The Morgan fingerprint density at radius 1 is 0.964 bits per heavy atom. The second kappa shape index (κ2) is 9.29. The van der Waals surface area contributed by atoms with Crippen molar-refractivity contribution in [2.75, 3.05) is 12.5 Å². The fraction of sp³-hybridized carbons (Fsp3) is 0.174. The summed E-state index contributed by atoms with van der Waals surface area (Å²) in [4.78, 5) is 0. The minimum atomic E-state index is 0.359. The number of hydrogen-bond acceptors (Lipinski definition) is 4. The van der Waals surface area contributed by atoms with Gasteiger partial charge in [0.15, 0.2) is 11.5 Å². The molecule has 0 aliphatic rings. The Labute approximate surface area is 170 Å². The lowest BCUT2D eigenvalue weighted by molar-refractivity contribution is 0.284. The summed E-state index contributed by atoms with van der Waals surface area (Å²) in [5, 5.41) is 5.00. The zero-order chi connectivity index (χ0) is 19.9. The number of nitrogens with one attached hydrogen (secondary N) is 1. The van der Waals surface area contributed by atoms with Crippen LogP contribution in [0.5, 0.6) is 11.5 Å². The average Bonchev–Trinajstić information content (AvgIpc) is 2.70. The van der Waals surface area contributed by atoms with Gasteiger partial charge in [-0.25, -0.2) is 0 Å². The van der Waals surface area contributed by atoms with Crippen molar-refractivity contribution in [2.45, 2.75) is 20.5 Å². The van der Waals surface area contributed by atoms with Crippen molar-refractivity contribution < 1.29 is 9.47 Å². The third kappa shape index (κ3) is 5.05. The van der Waals surface area contributed by atoms with E-state index < -0.39 is 0 Å². The van der Waals surface area contributed by atoms with Gasteiger partial charge in [-0.05, 0) is 66.9 Å². The first-order valence-electron chi connectivity index (χ1n) is 8.97. The van der Waals surface area contributed by atoms with E-state index in [2.05, 4.69) is 36.5 Å². The monoisotopic (exact) mass is 394 g/mol. The molecule has 3 rings (SSSR count). The van der Waals surface area contributed by atoms with E-state index in [1.54, 1.807) is 13.3 Å². The van der Waals surface area contributed by atoms with Crippen LogP contribution in [0.15, 0.2) is 65.8 Å². The number of halogens is 1. The molecule has 0 aliphatic carbocycles. The first-order valence-corrected chi connectivity index (χ1v) is 9.35. The summed E-state index contributed by atoms with van der Waals surface area (Å²) >= 11 is 6.20. The highest BCUT2D eigenvalue weighted by molar-refractivity contribution is 6.31. The van der Waals surface area contributed by atoms with Gasteiger partial charge in [0.2, 0.25) is 0 Å². The predicted octanol–water partition coefficient (Wildman–Crippen LogP) is 5.99. The number of methoxy groups -OCH3 is 1. The van der Waals surface area contributed by atoms with Crippen LogP contribution in [0, 0.1) is 13.8 Å². The van der Waals surface area contributed by atoms with Crippen molar-refractivity contribution in [2.24, 2.45) is 5.10 Å². The zero-order valence-electron chi connectivity index (χ0n) is 16.2. The Bertz CT molecular complexity index is 986. The molecular formula is C23H23ClN2O2. The molecule has 0 aliphatic heterocycles.